The number of ether oxygens (including phenoxy) is 1. The molecule has 0 aromatic heterocycles. The monoisotopic (exact) mass is 238 g/mol. The molecule has 4 heteroatoms. The van der Waals surface area contributed by atoms with Gasteiger partial charge in [-0.25, -0.2) is 0 Å². The highest BCUT2D eigenvalue weighted by molar-refractivity contribution is 5.78. The first-order chi connectivity index (χ1) is 7.85. The molecule has 4 nitrogen and oxygen atoms in total. The largest absolute Gasteiger partial charge is 0.469 e. The van der Waals surface area contributed by atoms with E-state index in [1.54, 1.807) is 0 Å². The van der Waals surface area contributed by atoms with E-state index >= 15 is 0 Å². The van der Waals surface area contributed by atoms with Gasteiger partial charge in [0, 0.05) is 5.54 Å². The van der Waals surface area contributed by atoms with Crippen LogP contribution in [0.1, 0.15) is 46.5 Å². The molecular weight excluding hydrogens is 216 g/mol. The fourth-order valence-corrected chi connectivity index (χ4v) is 2.55. The van der Waals surface area contributed by atoms with Gasteiger partial charge >= 0.3 is 5.97 Å². The summed E-state index contributed by atoms with van der Waals surface area (Å²) in [5.74, 6) is -0.252. The van der Waals surface area contributed by atoms with E-state index in [1.165, 1.54) is 7.11 Å². The average Bonchev–Trinajstić information content (AvgIpc) is 2.73. The maximum absolute atomic E-state index is 12.0. The molecule has 17 heavy (non-hydrogen) atoms. The van der Waals surface area contributed by atoms with E-state index in [2.05, 4.69) is 11.4 Å². The number of carbonyl (C=O) groups excluding carboxylic acids is 1. The van der Waals surface area contributed by atoms with Crippen molar-refractivity contribution < 1.29 is 9.53 Å². The number of hydrogen-bond acceptors (Lipinski definition) is 4. The van der Waals surface area contributed by atoms with Crippen LogP contribution in [0.25, 0.3) is 0 Å². The van der Waals surface area contributed by atoms with Crippen LogP contribution >= 0.6 is 0 Å². The molecule has 0 aromatic carbocycles. The average molecular weight is 238 g/mol. The third-order valence-electron chi connectivity index (χ3n) is 3.35. The molecule has 0 amide bonds. The van der Waals surface area contributed by atoms with Crippen molar-refractivity contribution in [3.63, 3.8) is 0 Å². The lowest BCUT2D eigenvalue weighted by atomic mass is 9.78. The van der Waals surface area contributed by atoms with Crippen LogP contribution < -0.4 is 5.32 Å². The third-order valence-corrected chi connectivity index (χ3v) is 3.35. The van der Waals surface area contributed by atoms with Crippen molar-refractivity contribution in [2.75, 3.05) is 7.11 Å². The van der Waals surface area contributed by atoms with Gasteiger partial charge < -0.3 is 4.74 Å². The fourth-order valence-electron chi connectivity index (χ4n) is 2.55. The molecule has 1 aliphatic carbocycles. The van der Waals surface area contributed by atoms with Gasteiger partial charge in [0.25, 0.3) is 0 Å². The summed E-state index contributed by atoms with van der Waals surface area (Å²) in [7, 11) is 1.40. The molecule has 0 spiro atoms. The number of esters is 1. The number of rotatable bonds is 3. The zero-order valence-electron chi connectivity index (χ0n) is 11.2. The number of methoxy groups -OCH3 is 1. The minimum atomic E-state index is -0.656. The van der Waals surface area contributed by atoms with Crippen molar-refractivity contribution in [2.45, 2.75) is 58.0 Å². The topological polar surface area (TPSA) is 62.1 Å². The minimum absolute atomic E-state index is 0.190. The van der Waals surface area contributed by atoms with E-state index in [0.29, 0.717) is 0 Å². The molecule has 0 radical (unpaired) electrons. The smallest absolute Gasteiger partial charge is 0.314 e. The van der Waals surface area contributed by atoms with Crippen molar-refractivity contribution in [1.29, 1.82) is 5.26 Å². The Morgan fingerprint density at radius 1 is 1.41 bits per heavy atom. The Morgan fingerprint density at radius 3 is 2.29 bits per heavy atom. The number of carbonyl (C=O) groups is 1. The summed E-state index contributed by atoms with van der Waals surface area (Å²) < 4.78 is 4.90. The Bertz CT molecular complexity index is 319. The van der Waals surface area contributed by atoms with Crippen LogP contribution in [0, 0.1) is 16.7 Å². The lowest BCUT2D eigenvalue weighted by Crippen LogP contribution is -2.54. The van der Waals surface area contributed by atoms with Gasteiger partial charge in [-0.2, -0.15) is 5.26 Å². The summed E-state index contributed by atoms with van der Waals surface area (Å²) >= 11 is 0. The predicted octanol–water partition coefficient (Wildman–Crippen LogP) is 2.00. The molecular formula is C13H22N2O2. The van der Waals surface area contributed by atoms with Crippen molar-refractivity contribution in [3.05, 3.63) is 0 Å². The van der Waals surface area contributed by atoms with Gasteiger partial charge in [-0.1, -0.05) is 12.8 Å². The number of nitriles is 1. The summed E-state index contributed by atoms with van der Waals surface area (Å²) in [4.78, 5) is 12.0. The zero-order chi connectivity index (χ0) is 13.1. The first-order valence-electron chi connectivity index (χ1n) is 6.11. The molecule has 0 aromatic rings. The normalized spacial score (nSPS) is 20.6. The van der Waals surface area contributed by atoms with Crippen molar-refractivity contribution >= 4 is 5.97 Å². The summed E-state index contributed by atoms with van der Waals surface area (Å²) in [5.41, 5.74) is -0.846. The highest BCUT2D eigenvalue weighted by Gasteiger charge is 2.49. The standard InChI is InChI=1S/C13H22N2O2/c1-12(2,3)15-10(9-14)13(11(16)17-4)7-5-6-8-13/h10,15H,5-8H2,1-4H3. The Morgan fingerprint density at radius 2 is 1.94 bits per heavy atom. The number of nitrogens with one attached hydrogen (secondary N) is 1. The highest BCUT2D eigenvalue weighted by atomic mass is 16.5. The molecule has 0 heterocycles. The SMILES string of the molecule is COC(=O)C1(C(C#N)NC(C)(C)C)CCCC1. The summed E-state index contributed by atoms with van der Waals surface area (Å²) in [5, 5.41) is 12.6. The number of hydrogen-bond donors (Lipinski definition) is 1. The molecule has 1 N–H and O–H groups in total. The Labute approximate surface area is 103 Å². The van der Waals surface area contributed by atoms with Crippen LogP contribution in [0.4, 0.5) is 0 Å². The van der Waals surface area contributed by atoms with Gasteiger partial charge in [-0.3, -0.25) is 10.1 Å². The molecule has 1 rings (SSSR count). The van der Waals surface area contributed by atoms with Crippen LogP contribution in [0.5, 0.6) is 0 Å². The maximum atomic E-state index is 12.0. The van der Waals surface area contributed by atoms with E-state index in [9.17, 15) is 10.1 Å². The van der Waals surface area contributed by atoms with Crippen molar-refractivity contribution in [3.8, 4) is 6.07 Å². The highest BCUT2D eigenvalue weighted by Crippen LogP contribution is 2.42. The van der Waals surface area contributed by atoms with Crippen LogP contribution in [0.3, 0.4) is 0 Å². The van der Waals surface area contributed by atoms with E-state index in [4.69, 9.17) is 4.74 Å². The van der Waals surface area contributed by atoms with E-state index < -0.39 is 11.5 Å². The maximum Gasteiger partial charge on any atom is 0.314 e. The molecule has 1 aliphatic rings. The van der Waals surface area contributed by atoms with Gasteiger partial charge in [0.1, 0.15) is 6.04 Å². The van der Waals surface area contributed by atoms with E-state index in [1.807, 2.05) is 20.8 Å². The molecule has 1 unspecified atom stereocenters. The quantitative estimate of drug-likeness (QED) is 0.764. The fraction of sp³-hybridized carbons (Fsp3) is 0.846. The Kier molecular flexibility index (Phi) is 4.16. The molecule has 1 atom stereocenters. The lowest BCUT2D eigenvalue weighted by molar-refractivity contribution is -0.153. The van der Waals surface area contributed by atoms with Gasteiger partial charge in [-0.15, -0.1) is 0 Å². The third kappa shape index (κ3) is 2.98. The lowest BCUT2D eigenvalue weighted by Gasteiger charge is -2.35. The second-order valence-corrected chi connectivity index (χ2v) is 5.81. The van der Waals surface area contributed by atoms with Gasteiger partial charge in [0.05, 0.1) is 18.6 Å². The summed E-state index contributed by atoms with van der Waals surface area (Å²) in [6.45, 7) is 5.99. The van der Waals surface area contributed by atoms with Gasteiger partial charge in [0.2, 0.25) is 0 Å². The van der Waals surface area contributed by atoms with Crippen molar-refractivity contribution in [1.82, 2.24) is 5.32 Å². The van der Waals surface area contributed by atoms with E-state index in [0.717, 1.165) is 25.7 Å². The second-order valence-electron chi connectivity index (χ2n) is 5.81. The first kappa shape index (κ1) is 14.0. The second kappa shape index (κ2) is 5.05. The molecule has 96 valence electrons. The van der Waals surface area contributed by atoms with Crippen LogP contribution in [-0.2, 0) is 9.53 Å². The van der Waals surface area contributed by atoms with Crippen molar-refractivity contribution in [2.24, 2.45) is 5.41 Å². The molecule has 0 aliphatic heterocycles. The summed E-state index contributed by atoms with van der Waals surface area (Å²) in [6, 6.07) is 1.77. The Balaban J connectivity index is 2.96. The van der Waals surface area contributed by atoms with Crippen LogP contribution in [0.15, 0.2) is 0 Å². The molecule has 0 bridgehead atoms. The molecule has 1 saturated carbocycles. The number of nitrogens with zero attached hydrogens (tertiary/aromatic N) is 1. The summed E-state index contributed by atoms with van der Waals surface area (Å²) in [6.07, 6.45) is 3.44. The van der Waals surface area contributed by atoms with Gasteiger partial charge in [0.15, 0.2) is 0 Å². The molecule has 0 saturated heterocycles. The molecule has 1 fully saturated rings. The van der Waals surface area contributed by atoms with Gasteiger partial charge in [-0.05, 0) is 33.6 Å². The Hall–Kier alpha value is -1.08. The first-order valence-corrected chi connectivity index (χ1v) is 6.11. The predicted molar refractivity (Wildman–Crippen MR) is 65.2 cm³/mol. The van der Waals surface area contributed by atoms with E-state index in [-0.39, 0.29) is 11.5 Å². The van der Waals surface area contributed by atoms with Crippen LogP contribution in [0.2, 0.25) is 0 Å². The van der Waals surface area contributed by atoms with Crippen LogP contribution in [-0.4, -0.2) is 24.7 Å². The minimum Gasteiger partial charge on any atom is -0.469 e. The zero-order valence-corrected chi connectivity index (χ0v) is 11.2.